The van der Waals surface area contributed by atoms with Gasteiger partial charge in [-0.05, 0) is 36.6 Å². The van der Waals surface area contributed by atoms with E-state index in [1.165, 1.54) is 5.56 Å². The molecule has 0 aromatic heterocycles. The van der Waals surface area contributed by atoms with Gasteiger partial charge in [0.1, 0.15) is 0 Å². The van der Waals surface area contributed by atoms with E-state index in [2.05, 4.69) is 48.3 Å². The molecule has 1 aromatic carbocycles. The molecule has 0 unspecified atom stereocenters. The number of hydrogen-bond donors (Lipinski definition) is 1. The summed E-state index contributed by atoms with van der Waals surface area (Å²) in [6.45, 7) is 7.73. The van der Waals surface area contributed by atoms with Crippen LogP contribution in [0.1, 0.15) is 25.8 Å². The van der Waals surface area contributed by atoms with Crippen LogP contribution >= 0.6 is 0 Å². The summed E-state index contributed by atoms with van der Waals surface area (Å²) in [7, 11) is -2.84. The van der Waals surface area contributed by atoms with Gasteiger partial charge in [0, 0.05) is 25.3 Å². The molecule has 0 bridgehead atoms. The summed E-state index contributed by atoms with van der Waals surface area (Å²) in [6, 6.07) is 8.46. The van der Waals surface area contributed by atoms with Crippen molar-refractivity contribution in [2.45, 2.75) is 26.8 Å². The van der Waals surface area contributed by atoms with E-state index >= 15 is 0 Å². The molecule has 118 valence electrons. The lowest BCUT2D eigenvalue weighted by Gasteiger charge is -2.22. The van der Waals surface area contributed by atoms with E-state index in [0.29, 0.717) is 18.2 Å². The number of rotatable bonds is 5. The van der Waals surface area contributed by atoms with Crippen LogP contribution in [0, 0.1) is 5.92 Å². The lowest BCUT2D eigenvalue weighted by molar-refractivity contribution is 0.552. The van der Waals surface area contributed by atoms with Crippen LogP contribution in [0.25, 0.3) is 0 Å². The van der Waals surface area contributed by atoms with Gasteiger partial charge in [-0.3, -0.25) is 0 Å². The minimum absolute atomic E-state index is 0.269. The van der Waals surface area contributed by atoms with Crippen molar-refractivity contribution in [1.82, 2.24) is 5.32 Å². The van der Waals surface area contributed by atoms with E-state index in [4.69, 9.17) is 0 Å². The van der Waals surface area contributed by atoms with E-state index in [-0.39, 0.29) is 5.75 Å². The molecule has 1 fully saturated rings. The highest BCUT2D eigenvalue weighted by Crippen LogP contribution is 2.18. The highest BCUT2D eigenvalue weighted by Gasteiger charge is 2.19. The van der Waals surface area contributed by atoms with Gasteiger partial charge in [0.25, 0.3) is 0 Å². The van der Waals surface area contributed by atoms with Crippen LogP contribution in [0.15, 0.2) is 24.3 Å². The first kappa shape index (κ1) is 16.3. The van der Waals surface area contributed by atoms with Crippen molar-refractivity contribution in [3.8, 4) is 0 Å². The summed E-state index contributed by atoms with van der Waals surface area (Å²) in [5, 5.41) is 3.43. The number of nitrogens with one attached hydrogen (secondary N) is 1. The molecule has 21 heavy (non-hydrogen) atoms. The zero-order valence-corrected chi connectivity index (χ0v) is 13.8. The second-order valence-electron chi connectivity index (χ2n) is 6.18. The Labute approximate surface area is 128 Å². The van der Waals surface area contributed by atoms with Crippen LogP contribution in [0.3, 0.4) is 0 Å². The number of nitrogens with zero attached hydrogens (tertiary/aromatic N) is 1. The van der Waals surface area contributed by atoms with E-state index in [1.807, 2.05) is 0 Å². The summed E-state index contributed by atoms with van der Waals surface area (Å²) in [5.74, 6) is 1.24. The molecule has 1 aliphatic rings. The fourth-order valence-electron chi connectivity index (χ4n) is 2.53. The Morgan fingerprint density at radius 3 is 2.52 bits per heavy atom. The van der Waals surface area contributed by atoms with Crippen molar-refractivity contribution in [2.24, 2.45) is 5.92 Å². The molecule has 5 heteroatoms. The lowest BCUT2D eigenvalue weighted by Crippen LogP contribution is -2.26. The highest BCUT2D eigenvalue weighted by molar-refractivity contribution is 7.91. The minimum Gasteiger partial charge on any atom is -0.370 e. The smallest absolute Gasteiger partial charge is 0.152 e. The normalized spacial score (nSPS) is 18.7. The van der Waals surface area contributed by atoms with Crippen molar-refractivity contribution < 1.29 is 8.42 Å². The monoisotopic (exact) mass is 310 g/mol. The molecular formula is C16H26N2O2S. The Morgan fingerprint density at radius 2 is 1.86 bits per heavy atom. The summed E-state index contributed by atoms with van der Waals surface area (Å²) in [5.41, 5.74) is 2.39. The molecule has 4 nitrogen and oxygen atoms in total. The van der Waals surface area contributed by atoms with Crippen LogP contribution in [0.5, 0.6) is 0 Å². The summed E-state index contributed by atoms with van der Waals surface area (Å²) in [4.78, 5) is 2.18. The van der Waals surface area contributed by atoms with Gasteiger partial charge in [0.05, 0.1) is 11.5 Å². The van der Waals surface area contributed by atoms with Gasteiger partial charge < -0.3 is 10.2 Å². The average Bonchev–Trinajstić information content (AvgIpc) is 2.60. The first-order valence-electron chi connectivity index (χ1n) is 7.71. The third-order valence-electron chi connectivity index (χ3n) is 3.74. The fraction of sp³-hybridized carbons (Fsp3) is 0.625. The standard InChI is InChI=1S/C16H26N2O2S/c1-14(2)12-17-13-15-4-6-16(7-5-15)18-8-3-10-21(19,20)11-9-18/h4-7,14,17H,3,8-13H2,1-2H3. The summed E-state index contributed by atoms with van der Waals surface area (Å²) >= 11 is 0. The molecule has 0 amide bonds. The molecule has 0 spiro atoms. The van der Waals surface area contributed by atoms with Crippen LogP contribution in [-0.4, -0.2) is 39.6 Å². The van der Waals surface area contributed by atoms with Crippen LogP contribution in [0.4, 0.5) is 5.69 Å². The largest absolute Gasteiger partial charge is 0.370 e. The van der Waals surface area contributed by atoms with Crippen LogP contribution < -0.4 is 10.2 Å². The summed E-state index contributed by atoms with van der Waals surface area (Å²) in [6.07, 6.45) is 0.722. The molecule has 2 rings (SSSR count). The van der Waals surface area contributed by atoms with Crippen molar-refractivity contribution in [2.75, 3.05) is 36.0 Å². The second-order valence-corrected chi connectivity index (χ2v) is 8.49. The Balaban J connectivity index is 1.92. The van der Waals surface area contributed by atoms with Gasteiger partial charge in [0.15, 0.2) is 9.84 Å². The molecule has 1 heterocycles. The van der Waals surface area contributed by atoms with Gasteiger partial charge in [-0.15, -0.1) is 0 Å². The van der Waals surface area contributed by atoms with Gasteiger partial charge in [-0.1, -0.05) is 26.0 Å². The number of hydrogen-bond acceptors (Lipinski definition) is 4. The van der Waals surface area contributed by atoms with Crippen molar-refractivity contribution in [3.63, 3.8) is 0 Å². The maximum absolute atomic E-state index is 11.6. The van der Waals surface area contributed by atoms with E-state index in [0.717, 1.165) is 31.7 Å². The number of sulfone groups is 1. The Hall–Kier alpha value is -1.07. The first-order chi connectivity index (χ1) is 9.96. The van der Waals surface area contributed by atoms with E-state index in [1.54, 1.807) is 0 Å². The Morgan fingerprint density at radius 1 is 1.14 bits per heavy atom. The van der Waals surface area contributed by atoms with Crippen molar-refractivity contribution in [3.05, 3.63) is 29.8 Å². The van der Waals surface area contributed by atoms with Gasteiger partial charge >= 0.3 is 0 Å². The molecule has 1 aromatic rings. The lowest BCUT2D eigenvalue weighted by atomic mass is 10.1. The van der Waals surface area contributed by atoms with Gasteiger partial charge in [-0.25, -0.2) is 8.42 Å². The highest BCUT2D eigenvalue weighted by atomic mass is 32.2. The topological polar surface area (TPSA) is 49.4 Å². The zero-order chi connectivity index (χ0) is 15.3. The van der Waals surface area contributed by atoms with Gasteiger partial charge in [-0.2, -0.15) is 0 Å². The molecule has 0 saturated carbocycles. The number of benzene rings is 1. The van der Waals surface area contributed by atoms with Crippen molar-refractivity contribution >= 4 is 15.5 Å². The predicted octanol–water partition coefficient (Wildman–Crippen LogP) is 2.06. The third-order valence-corrected chi connectivity index (χ3v) is 5.45. The minimum atomic E-state index is -2.84. The molecular weight excluding hydrogens is 284 g/mol. The third kappa shape index (κ3) is 5.32. The number of anilines is 1. The second kappa shape index (κ2) is 7.27. The SMILES string of the molecule is CC(C)CNCc1ccc(N2CCCS(=O)(=O)CC2)cc1. The van der Waals surface area contributed by atoms with Crippen LogP contribution in [-0.2, 0) is 16.4 Å². The van der Waals surface area contributed by atoms with Crippen molar-refractivity contribution in [1.29, 1.82) is 0 Å². The summed E-state index contributed by atoms with van der Waals surface area (Å²) < 4.78 is 23.3. The maximum atomic E-state index is 11.6. The molecule has 0 aliphatic carbocycles. The molecule has 1 saturated heterocycles. The zero-order valence-electron chi connectivity index (χ0n) is 13.0. The van der Waals surface area contributed by atoms with Crippen LogP contribution in [0.2, 0.25) is 0 Å². The van der Waals surface area contributed by atoms with Gasteiger partial charge in [0.2, 0.25) is 0 Å². The van der Waals surface area contributed by atoms with E-state index in [9.17, 15) is 8.42 Å². The first-order valence-corrected chi connectivity index (χ1v) is 9.53. The fourth-order valence-corrected chi connectivity index (χ4v) is 3.80. The predicted molar refractivity (Wildman–Crippen MR) is 88.5 cm³/mol. The molecule has 0 radical (unpaired) electrons. The Kier molecular flexibility index (Phi) is 5.65. The molecule has 1 N–H and O–H groups in total. The molecule has 1 aliphatic heterocycles. The quantitative estimate of drug-likeness (QED) is 0.904. The maximum Gasteiger partial charge on any atom is 0.152 e. The average molecular weight is 310 g/mol. The Bertz CT molecular complexity index is 538. The van der Waals surface area contributed by atoms with E-state index < -0.39 is 9.84 Å². The molecule has 0 atom stereocenters.